The Labute approximate surface area is 407 Å². The third-order valence-corrected chi connectivity index (χ3v) is 72.7. The number of rotatable bonds is 12. The Kier molecular flexibility index (Phi) is 13.7. The van der Waals surface area contributed by atoms with Gasteiger partial charge in [-0.3, -0.25) is 0 Å². The molecule has 0 unspecified atom stereocenters. The van der Waals surface area contributed by atoms with Gasteiger partial charge in [0, 0.05) is 0 Å². The molecule has 9 aromatic rings. The molecule has 67 heavy (non-hydrogen) atoms. The van der Waals surface area contributed by atoms with Gasteiger partial charge in [-0.1, -0.05) is 0 Å². The molecule has 0 fully saturated rings. The first-order valence-electron chi connectivity index (χ1n) is 23.6. The Morgan fingerprint density at radius 2 is 0.254 bits per heavy atom. The van der Waals surface area contributed by atoms with E-state index in [2.05, 4.69) is 281 Å². The van der Waals surface area contributed by atoms with Gasteiger partial charge in [0.25, 0.3) is 0 Å². The zero-order valence-electron chi connectivity index (χ0n) is 40.6. The normalized spacial score (nSPS) is 12.9. The van der Waals surface area contributed by atoms with E-state index in [0.717, 1.165) is 0 Å². The van der Waals surface area contributed by atoms with Crippen molar-refractivity contribution in [3.8, 4) is 0 Å². The molecule has 0 aliphatic rings. The van der Waals surface area contributed by atoms with Gasteiger partial charge in [-0.15, -0.1) is 0 Å². The fourth-order valence-electron chi connectivity index (χ4n) is 9.81. The van der Waals surface area contributed by atoms with Crippen LogP contribution in [0.1, 0.15) is 50.1 Å². The fourth-order valence-corrected chi connectivity index (χ4v) is 96.1. The van der Waals surface area contributed by atoms with Crippen molar-refractivity contribution < 1.29 is 15.3 Å². The van der Waals surface area contributed by atoms with E-state index in [1.807, 2.05) is 0 Å². The van der Waals surface area contributed by atoms with E-state index in [4.69, 9.17) is 0 Å². The van der Waals surface area contributed by atoms with E-state index in [1.54, 1.807) is 0 Å². The van der Waals surface area contributed by atoms with Crippen molar-refractivity contribution in [1.29, 1.82) is 0 Å². The maximum atomic E-state index is 2.58. The van der Waals surface area contributed by atoms with Gasteiger partial charge in [0.2, 0.25) is 0 Å². The van der Waals surface area contributed by atoms with Crippen molar-refractivity contribution in [2.24, 2.45) is 0 Å². The molecular weight excluding hydrogens is 956 g/mol. The van der Waals surface area contributed by atoms with E-state index in [0.29, 0.717) is 0 Å². The van der Waals surface area contributed by atoms with Crippen LogP contribution in [0.3, 0.4) is 0 Å². The first-order chi connectivity index (χ1) is 32.4. The van der Waals surface area contributed by atoms with Crippen molar-refractivity contribution in [3.05, 3.63) is 268 Å². The van der Waals surface area contributed by atoms with Crippen LogP contribution in [0.25, 0.3) is 0 Å². The summed E-state index contributed by atoms with van der Waals surface area (Å²) in [6, 6.07) is 89.9. The summed E-state index contributed by atoms with van der Waals surface area (Å²) in [5, 5.41) is 13.5. The van der Waals surface area contributed by atoms with Gasteiger partial charge in [0.1, 0.15) is 0 Å². The van der Waals surface area contributed by atoms with E-state index in [9.17, 15) is 0 Å². The standard InChI is InChI=1S/3C21H21P.Pd/c3*1-16-4-10-19(11-5-16)22(20-12-6-17(2)7-13-20)21-14-8-18(3)9-15-21;/h3*4-15H,1-3H3;/q;;;-3/p+3. The first kappa shape index (κ1) is 47.0. The molecule has 0 saturated carbocycles. The van der Waals surface area contributed by atoms with Crippen molar-refractivity contribution in [2.75, 3.05) is 0 Å². The Morgan fingerprint density at radius 3 is 0.343 bits per heavy atom. The molecule has 0 saturated heterocycles. The molecule has 0 heterocycles. The van der Waals surface area contributed by atoms with Crippen LogP contribution in [0.4, 0.5) is 0 Å². The van der Waals surface area contributed by atoms with Gasteiger partial charge < -0.3 is 0 Å². The molecule has 9 aromatic carbocycles. The Hall–Kier alpha value is -5.07. The van der Waals surface area contributed by atoms with Crippen LogP contribution in [-0.2, 0) is 15.3 Å². The zero-order valence-corrected chi connectivity index (χ0v) is 45.2. The minimum atomic E-state index is -3.33. The van der Waals surface area contributed by atoms with Crippen molar-refractivity contribution in [3.63, 3.8) is 0 Å². The second kappa shape index (κ2) is 19.5. The molecule has 0 bridgehead atoms. The topological polar surface area (TPSA) is 0 Å². The molecule has 0 radical (unpaired) electrons. The number of hydrogen-bond donors (Lipinski definition) is 0. The molecule has 0 aromatic heterocycles. The van der Waals surface area contributed by atoms with Gasteiger partial charge in [-0.05, 0) is 0 Å². The van der Waals surface area contributed by atoms with Gasteiger partial charge in [0.05, 0.1) is 0 Å². The molecule has 0 atom stereocenters. The number of hydrogen-bond acceptors (Lipinski definition) is 0. The summed E-state index contributed by atoms with van der Waals surface area (Å²) in [7, 11) is 0. The van der Waals surface area contributed by atoms with Crippen LogP contribution in [0.15, 0.2) is 218 Å². The summed E-state index contributed by atoms with van der Waals surface area (Å²) in [6.45, 7) is 20.3. The predicted octanol–water partition coefficient (Wildman–Crippen LogP) is 12.3. The van der Waals surface area contributed by atoms with Gasteiger partial charge >= 0.3 is 410 Å². The predicted molar refractivity (Wildman–Crippen MR) is 302 cm³/mol. The molecular formula is C63H66P3Pd. The summed E-state index contributed by atoms with van der Waals surface area (Å²) in [5.74, 6) is 0. The Morgan fingerprint density at radius 1 is 0.164 bits per heavy atom. The fraction of sp³-hybridized carbons (Fsp3) is 0.143. The average molecular weight is 1020 g/mol. The summed E-state index contributed by atoms with van der Waals surface area (Å²) >= 11 is -2.30. The second-order valence-electron chi connectivity index (χ2n) is 18.9. The quantitative estimate of drug-likeness (QED) is 0.0845. The summed E-state index contributed by atoms with van der Waals surface area (Å²) in [6.07, 6.45) is 0. The second-order valence-corrected chi connectivity index (χ2v) is 50.6. The Balaban J connectivity index is 1.70. The third-order valence-electron chi connectivity index (χ3n) is 13.6. The SMILES string of the molecule is Cc1ccc([PH](c2ccc(C)cc2)(c2ccc(C)cc2)[Pd]([PH](c2ccc(C)cc2)(c2ccc(C)cc2)c2ccc(C)cc2)[PH](c2ccc(C)cc2)(c2ccc(C)cc2)c2ccc(C)cc2)cc1. The number of aryl methyl sites for hydroxylation is 9. The zero-order chi connectivity index (χ0) is 46.9. The molecule has 4 heteroatoms. The van der Waals surface area contributed by atoms with Crippen molar-refractivity contribution in [2.45, 2.75) is 62.3 Å². The molecule has 0 N–H and O–H groups in total. The number of benzene rings is 9. The van der Waals surface area contributed by atoms with E-state index in [-0.39, 0.29) is 0 Å². The van der Waals surface area contributed by atoms with Crippen LogP contribution in [0.2, 0.25) is 0 Å². The van der Waals surface area contributed by atoms with E-state index < -0.39 is 31.6 Å². The van der Waals surface area contributed by atoms with Crippen LogP contribution in [0.5, 0.6) is 0 Å². The molecule has 0 aliphatic heterocycles. The molecule has 0 amide bonds. The van der Waals surface area contributed by atoms with Crippen LogP contribution in [0, 0.1) is 62.3 Å². The van der Waals surface area contributed by atoms with E-state index >= 15 is 0 Å². The van der Waals surface area contributed by atoms with Crippen LogP contribution in [-0.4, -0.2) is 0 Å². The summed E-state index contributed by atoms with van der Waals surface area (Å²) in [5.41, 5.74) is 1.58. The van der Waals surface area contributed by atoms with Gasteiger partial charge in [-0.25, -0.2) is 0 Å². The maximum absolute atomic E-state index is 3.33. The van der Waals surface area contributed by atoms with Gasteiger partial charge in [-0.2, -0.15) is 0 Å². The monoisotopic (exact) mass is 1020 g/mol. The molecule has 0 nitrogen and oxygen atoms in total. The minimum absolute atomic E-state index is 1.29. The average Bonchev–Trinajstić information content (AvgIpc) is 3.34. The Bertz CT molecular complexity index is 2410. The van der Waals surface area contributed by atoms with Crippen LogP contribution >= 0.6 is 16.4 Å². The van der Waals surface area contributed by atoms with Gasteiger partial charge in [0.15, 0.2) is 0 Å². The summed E-state index contributed by atoms with van der Waals surface area (Å²) < 4.78 is 0. The van der Waals surface area contributed by atoms with Crippen molar-refractivity contribution in [1.82, 2.24) is 0 Å². The molecule has 343 valence electrons. The summed E-state index contributed by atoms with van der Waals surface area (Å²) in [4.78, 5) is 0. The third kappa shape index (κ3) is 8.59. The first-order valence-corrected chi connectivity index (χ1v) is 36.1. The van der Waals surface area contributed by atoms with Crippen molar-refractivity contribution >= 4 is 64.1 Å². The molecule has 0 aliphatic carbocycles. The van der Waals surface area contributed by atoms with E-state index in [1.165, 1.54) is 97.8 Å². The van der Waals surface area contributed by atoms with Crippen LogP contribution < -0.4 is 47.7 Å². The molecule has 0 spiro atoms. The molecule has 9 rings (SSSR count).